The highest BCUT2D eigenvalue weighted by Crippen LogP contribution is 2.30. The lowest BCUT2D eigenvalue weighted by atomic mass is 10.2. The predicted molar refractivity (Wildman–Crippen MR) is 93.2 cm³/mol. The maximum absolute atomic E-state index is 11.9. The summed E-state index contributed by atoms with van der Waals surface area (Å²) in [6, 6.07) is 12.6. The molecule has 0 amide bonds. The third kappa shape index (κ3) is 3.65. The molecule has 0 aliphatic heterocycles. The molecule has 7 nitrogen and oxygen atoms in total. The van der Waals surface area contributed by atoms with Gasteiger partial charge in [0, 0.05) is 11.6 Å². The number of nitrogens with zero attached hydrogens (tertiary/aromatic N) is 3. The van der Waals surface area contributed by atoms with E-state index < -0.39 is 16.4 Å². The Balaban J connectivity index is 1.90. The molecule has 2 N–H and O–H groups in total. The minimum atomic E-state index is -3.49. The normalized spacial score (nSPS) is 12.0. The summed E-state index contributed by atoms with van der Waals surface area (Å²) in [4.78, 5) is 4.24. The smallest absolute Gasteiger partial charge is 0.180 e. The van der Waals surface area contributed by atoms with Gasteiger partial charge in [0.2, 0.25) is 0 Å². The van der Waals surface area contributed by atoms with Crippen LogP contribution in [0.25, 0.3) is 10.9 Å². The van der Waals surface area contributed by atoms with Gasteiger partial charge >= 0.3 is 0 Å². The summed E-state index contributed by atoms with van der Waals surface area (Å²) in [5.74, 6) is -0.256. The average molecular weight is 357 g/mol. The summed E-state index contributed by atoms with van der Waals surface area (Å²) in [5.41, 5.74) is 1.45. The highest BCUT2D eigenvalue weighted by molar-refractivity contribution is 7.91. The molecule has 1 aromatic heterocycles. The van der Waals surface area contributed by atoms with Crippen LogP contribution in [0.4, 0.5) is 11.4 Å². The van der Waals surface area contributed by atoms with Crippen LogP contribution < -0.4 is 0 Å². The van der Waals surface area contributed by atoms with Crippen LogP contribution in [-0.4, -0.2) is 36.0 Å². The van der Waals surface area contributed by atoms with Crippen molar-refractivity contribution < 1.29 is 18.6 Å². The Kier molecular flexibility index (Phi) is 4.73. The van der Waals surface area contributed by atoms with Crippen LogP contribution in [0, 0.1) is 0 Å². The third-order valence-corrected chi connectivity index (χ3v) is 5.27. The topological polar surface area (TPSA) is 112 Å². The average Bonchev–Trinajstić information content (AvgIpc) is 2.61. The molecule has 0 radical (unpaired) electrons. The lowest BCUT2D eigenvalue weighted by molar-refractivity contribution is 0.319. The molecule has 2 aromatic carbocycles. The number of rotatable bonds is 5. The number of sulfone groups is 1. The highest BCUT2D eigenvalue weighted by atomic mass is 32.2. The van der Waals surface area contributed by atoms with Crippen molar-refractivity contribution in [2.75, 3.05) is 12.4 Å². The first-order valence-electron chi connectivity index (χ1n) is 7.43. The van der Waals surface area contributed by atoms with Gasteiger partial charge in [-0.1, -0.05) is 12.1 Å². The maximum atomic E-state index is 11.9. The molecule has 0 unspecified atom stereocenters. The number of fused-ring (bicyclic) bond motifs is 1. The fourth-order valence-electron chi connectivity index (χ4n) is 2.30. The molecule has 8 heteroatoms. The lowest BCUT2D eigenvalue weighted by Gasteiger charge is -2.03. The van der Waals surface area contributed by atoms with Gasteiger partial charge in [-0.3, -0.25) is 4.98 Å². The molecule has 0 saturated carbocycles. The minimum absolute atomic E-state index is 0.0630. The Morgan fingerprint density at radius 3 is 2.48 bits per heavy atom. The van der Waals surface area contributed by atoms with Crippen molar-refractivity contribution in [3.05, 3.63) is 54.7 Å². The molecule has 0 fully saturated rings. The van der Waals surface area contributed by atoms with Crippen molar-refractivity contribution in [1.82, 2.24) is 4.98 Å². The number of hydrogen-bond acceptors (Lipinski definition) is 7. The SMILES string of the molecule is O=S(=O)(CCO)c1ccc(N=Nc2ccnc3c(O)cccc23)cc1. The van der Waals surface area contributed by atoms with Crippen molar-refractivity contribution >= 4 is 32.1 Å². The number of azo groups is 1. The molecule has 3 aromatic rings. The molecule has 0 atom stereocenters. The Morgan fingerprint density at radius 1 is 1.00 bits per heavy atom. The number of aliphatic hydroxyl groups excluding tert-OH is 1. The van der Waals surface area contributed by atoms with E-state index in [-0.39, 0.29) is 16.4 Å². The largest absolute Gasteiger partial charge is 0.506 e. The van der Waals surface area contributed by atoms with E-state index in [4.69, 9.17) is 5.11 Å². The fourth-order valence-corrected chi connectivity index (χ4v) is 3.33. The Morgan fingerprint density at radius 2 is 1.76 bits per heavy atom. The van der Waals surface area contributed by atoms with Crippen LogP contribution in [0.3, 0.4) is 0 Å². The molecular formula is C17H15N3O4S. The van der Waals surface area contributed by atoms with E-state index >= 15 is 0 Å². The lowest BCUT2D eigenvalue weighted by Crippen LogP contribution is -2.09. The zero-order chi connectivity index (χ0) is 17.9. The van der Waals surface area contributed by atoms with E-state index in [0.717, 1.165) is 0 Å². The Hall–Kier alpha value is -2.84. The van der Waals surface area contributed by atoms with Crippen LogP contribution >= 0.6 is 0 Å². The molecule has 25 heavy (non-hydrogen) atoms. The number of benzene rings is 2. The van der Waals surface area contributed by atoms with E-state index in [1.807, 2.05) is 0 Å². The summed E-state index contributed by atoms with van der Waals surface area (Å²) in [7, 11) is -3.49. The first kappa shape index (κ1) is 17.0. The molecule has 0 saturated heterocycles. The van der Waals surface area contributed by atoms with Crippen LogP contribution in [0.15, 0.2) is 69.9 Å². The number of aromatic hydroxyl groups is 1. The van der Waals surface area contributed by atoms with Crippen molar-refractivity contribution in [2.24, 2.45) is 10.2 Å². The number of pyridine rings is 1. The minimum Gasteiger partial charge on any atom is -0.506 e. The molecular weight excluding hydrogens is 342 g/mol. The van der Waals surface area contributed by atoms with E-state index in [0.29, 0.717) is 22.3 Å². The van der Waals surface area contributed by atoms with E-state index in [9.17, 15) is 13.5 Å². The van der Waals surface area contributed by atoms with Gasteiger partial charge in [0.05, 0.1) is 28.6 Å². The quantitative estimate of drug-likeness (QED) is 0.681. The monoisotopic (exact) mass is 357 g/mol. The second kappa shape index (κ2) is 6.96. The summed E-state index contributed by atoms with van der Waals surface area (Å²) >= 11 is 0. The molecule has 1 heterocycles. The summed E-state index contributed by atoms with van der Waals surface area (Å²) in [6.45, 7) is -0.425. The number of aliphatic hydroxyl groups is 1. The van der Waals surface area contributed by atoms with E-state index in [2.05, 4.69) is 15.2 Å². The van der Waals surface area contributed by atoms with E-state index in [1.165, 1.54) is 30.5 Å². The highest BCUT2D eigenvalue weighted by Gasteiger charge is 2.13. The molecule has 0 bridgehead atoms. The number of phenols is 1. The first-order valence-corrected chi connectivity index (χ1v) is 9.08. The maximum Gasteiger partial charge on any atom is 0.180 e. The van der Waals surface area contributed by atoms with Gasteiger partial charge in [0.15, 0.2) is 9.84 Å². The number of para-hydroxylation sites is 1. The number of phenolic OH excluding ortho intramolecular Hbond substituents is 1. The molecule has 0 aliphatic carbocycles. The molecule has 0 aliphatic rings. The zero-order valence-corrected chi connectivity index (χ0v) is 13.9. The Labute approximate surface area is 144 Å². The van der Waals surface area contributed by atoms with Gasteiger partial charge in [-0.05, 0) is 36.4 Å². The van der Waals surface area contributed by atoms with Crippen LogP contribution in [0.5, 0.6) is 5.75 Å². The van der Waals surface area contributed by atoms with Gasteiger partial charge in [-0.2, -0.15) is 5.11 Å². The second-order valence-corrected chi connectivity index (χ2v) is 7.35. The van der Waals surface area contributed by atoms with Gasteiger partial charge in [0.25, 0.3) is 0 Å². The van der Waals surface area contributed by atoms with Crippen LogP contribution in [0.2, 0.25) is 0 Å². The van der Waals surface area contributed by atoms with Gasteiger partial charge < -0.3 is 10.2 Å². The summed E-state index contributed by atoms with van der Waals surface area (Å²) in [5, 5.41) is 27.5. The van der Waals surface area contributed by atoms with Gasteiger partial charge in [-0.25, -0.2) is 8.42 Å². The zero-order valence-electron chi connectivity index (χ0n) is 13.1. The summed E-state index contributed by atoms with van der Waals surface area (Å²) in [6.07, 6.45) is 1.53. The Bertz CT molecular complexity index is 1030. The fraction of sp³-hybridized carbons (Fsp3) is 0.118. The number of hydrogen-bond donors (Lipinski definition) is 2. The van der Waals surface area contributed by atoms with Gasteiger partial charge in [0.1, 0.15) is 11.3 Å². The van der Waals surface area contributed by atoms with Crippen molar-refractivity contribution in [3.63, 3.8) is 0 Å². The first-order chi connectivity index (χ1) is 12.0. The second-order valence-electron chi connectivity index (χ2n) is 5.24. The molecule has 128 valence electrons. The number of aromatic nitrogens is 1. The summed E-state index contributed by atoms with van der Waals surface area (Å²) < 4.78 is 23.7. The van der Waals surface area contributed by atoms with E-state index in [1.54, 1.807) is 24.3 Å². The van der Waals surface area contributed by atoms with Gasteiger partial charge in [-0.15, -0.1) is 5.11 Å². The molecule has 3 rings (SSSR count). The van der Waals surface area contributed by atoms with Crippen LogP contribution in [-0.2, 0) is 9.84 Å². The molecule has 0 spiro atoms. The predicted octanol–water partition coefficient (Wildman–Crippen LogP) is 3.12. The standard InChI is InChI=1S/C17H15N3O4S/c21-10-11-25(23,24)13-6-4-12(5-7-13)19-20-15-8-9-18-17-14(15)2-1-3-16(17)22/h1-9,21-22H,10-11H2. The van der Waals surface area contributed by atoms with Crippen molar-refractivity contribution in [3.8, 4) is 5.75 Å². The third-order valence-electron chi connectivity index (χ3n) is 3.56. The van der Waals surface area contributed by atoms with Crippen molar-refractivity contribution in [1.29, 1.82) is 0 Å². The van der Waals surface area contributed by atoms with Crippen molar-refractivity contribution in [2.45, 2.75) is 4.90 Å². The van der Waals surface area contributed by atoms with Crippen LogP contribution in [0.1, 0.15) is 0 Å².